The molecule has 122 valence electrons. The quantitative estimate of drug-likeness (QED) is 0.855. The molecule has 1 aromatic rings. The second-order valence-corrected chi connectivity index (χ2v) is 6.58. The summed E-state index contributed by atoms with van der Waals surface area (Å²) in [7, 11) is 1.50. The molecule has 22 heavy (non-hydrogen) atoms. The Morgan fingerprint density at radius 2 is 1.91 bits per heavy atom. The first-order valence-electron chi connectivity index (χ1n) is 7.19. The Bertz CT molecular complexity index is 504. The zero-order valence-electron chi connectivity index (χ0n) is 13.2. The van der Waals surface area contributed by atoms with E-state index in [4.69, 9.17) is 14.2 Å². The fourth-order valence-electron chi connectivity index (χ4n) is 2.42. The first-order valence-corrected chi connectivity index (χ1v) is 8.07. The average Bonchev–Trinajstić information content (AvgIpc) is 2.46. The minimum Gasteiger partial charge on any atom is -0.456 e. The van der Waals surface area contributed by atoms with Gasteiger partial charge in [-0.05, 0) is 26.0 Å². The SMILES string of the molecule is CO[C@@H]1[C@@H](O)[C@H](C)O[C@@H](Sc2ccc(C)cc2)[C@@H]1OC(C)=O. The molecule has 0 spiro atoms. The van der Waals surface area contributed by atoms with Crippen LogP contribution in [0.4, 0.5) is 0 Å². The van der Waals surface area contributed by atoms with Gasteiger partial charge in [-0.15, -0.1) is 0 Å². The van der Waals surface area contributed by atoms with E-state index in [2.05, 4.69) is 0 Å². The van der Waals surface area contributed by atoms with Gasteiger partial charge >= 0.3 is 5.97 Å². The summed E-state index contributed by atoms with van der Waals surface area (Å²) >= 11 is 1.46. The molecule has 0 saturated carbocycles. The maximum atomic E-state index is 11.4. The number of esters is 1. The van der Waals surface area contributed by atoms with Crippen molar-refractivity contribution in [3.05, 3.63) is 29.8 Å². The molecule has 1 aliphatic heterocycles. The molecule has 1 aromatic carbocycles. The molecule has 1 fully saturated rings. The predicted molar refractivity (Wildman–Crippen MR) is 83.7 cm³/mol. The monoisotopic (exact) mass is 326 g/mol. The summed E-state index contributed by atoms with van der Waals surface area (Å²) in [6.45, 7) is 5.14. The van der Waals surface area contributed by atoms with Gasteiger partial charge in [-0.2, -0.15) is 0 Å². The molecule has 1 heterocycles. The molecule has 0 aliphatic carbocycles. The lowest BCUT2D eigenvalue weighted by Crippen LogP contribution is -2.57. The van der Waals surface area contributed by atoms with Crippen molar-refractivity contribution in [2.24, 2.45) is 0 Å². The van der Waals surface area contributed by atoms with Crippen LogP contribution in [0.15, 0.2) is 29.2 Å². The van der Waals surface area contributed by atoms with Crippen LogP contribution in [-0.4, -0.2) is 48.0 Å². The maximum absolute atomic E-state index is 11.4. The molecule has 5 atom stereocenters. The number of thioether (sulfide) groups is 1. The standard InChI is InChI=1S/C16H22O5S/c1-9-5-7-12(8-6-9)22-16-15(21-11(3)17)14(19-4)13(18)10(2)20-16/h5-8,10,13-16,18H,1-4H3/t10-,13-,14+,15+,16-/m0/s1. The van der Waals surface area contributed by atoms with E-state index in [0.29, 0.717) is 0 Å². The lowest BCUT2D eigenvalue weighted by atomic mass is 10.0. The van der Waals surface area contributed by atoms with Crippen molar-refractivity contribution in [1.29, 1.82) is 0 Å². The number of rotatable bonds is 4. The molecule has 1 saturated heterocycles. The number of hydrogen-bond acceptors (Lipinski definition) is 6. The van der Waals surface area contributed by atoms with Crippen molar-refractivity contribution in [2.75, 3.05) is 7.11 Å². The molecule has 6 heteroatoms. The van der Waals surface area contributed by atoms with Crippen molar-refractivity contribution in [3.63, 3.8) is 0 Å². The number of ether oxygens (including phenoxy) is 3. The van der Waals surface area contributed by atoms with Crippen LogP contribution < -0.4 is 0 Å². The van der Waals surface area contributed by atoms with Gasteiger partial charge < -0.3 is 19.3 Å². The molecule has 1 aliphatic rings. The van der Waals surface area contributed by atoms with Gasteiger partial charge in [0.05, 0.1) is 6.10 Å². The highest BCUT2D eigenvalue weighted by atomic mass is 32.2. The Morgan fingerprint density at radius 3 is 2.45 bits per heavy atom. The molecule has 1 N–H and O–H groups in total. The number of aliphatic hydroxyl groups excluding tert-OH is 1. The molecule has 0 bridgehead atoms. The fraction of sp³-hybridized carbons (Fsp3) is 0.562. The minimum absolute atomic E-state index is 0.403. The first-order chi connectivity index (χ1) is 10.4. The average molecular weight is 326 g/mol. The number of carbonyl (C=O) groups excluding carboxylic acids is 1. The lowest BCUT2D eigenvalue weighted by molar-refractivity contribution is -0.215. The van der Waals surface area contributed by atoms with E-state index in [1.165, 1.54) is 31.4 Å². The van der Waals surface area contributed by atoms with Crippen molar-refractivity contribution in [1.82, 2.24) is 0 Å². The number of benzene rings is 1. The molecule has 0 amide bonds. The third-order valence-corrected chi connectivity index (χ3v) is 4.76. The van der Waals surface area contributed by atoms with Crippen LogP contribution in [0, 0.1) is 6.92 Å². The number of carbonyl (C=O) groups is 1. The topological polar surface area (TPSA) is 65.0 Å². The first kappa shape index (κ1) is 17.3. The van der Waals surface area contributed by atoms with Gasteiger partial charge in [-0.1, -0.05) is 29.5 Å². The number of hydrogen-bond donors (Lipinski definition) is 1. The lowest BCUT2D eigenvalue weighted by Gasteiger charge is -2.42. The normalized spacial score (nSPS) is 31.8. The predicted octanol–water partition coefficient (Wildman–Crippen LogP) is 2.14. The highest BCUT2D eigenvalue weighted by molar-refractivity contribution is 7.99. The molecular weight excluding hydrogens is 304 g/mol. The van der Waals surface area contributed by atoms with Crippen LogP contribution in [0.3, 0.4) is 0 Å². The van der Waals surface area contributed by atoms with Gasteiger partial charge in [-0.25, -0.2) is 0 Å². The smallest absolute Gasteiger partial charge is 0.303 e. The van der Waals surface area contributed by atoms with Crippen LogP contribution in [0.25, 0.3) is 0 Å². The minimum atomic E-state index is -0.843. The third-order valence-electron chi connectivity index (χ3n) is 3.61. The third kappa shape index (κ3) is 4.01. The number of methoxy groups -OCH3 is 1. The van der Waals surface area contributed by atoms with Gasteiger partial charge in [0.1, 0.15) is 17.6 Å². The molecule has 2 rings (SSSR count). The van der Waals surface area contributed by atoms with Gasteiger partial charge in [0.2, 0.25) is 0 Å². The van der Waals surface area contributed by atoms with E-state index < -0.39 is 35.8 Å². The second-order valence-electron chi connectivity index (χ2n) is 5.41. The van der Waals surface area contributed by atoms with Crippen LogP contribution in [0.2, 0.25) is 0 Å². The molecule has 0 aromatic heterocycles. The van der Waals surface area contributed by atoms with Crippen LogP contribution in [0.1, 0.15) is 19.4 Å². The van der Waals surface area contributed by atoms with Crippen molar-refractivity contribution in [2.45, 2.75) is 55.5 Å². The van der Waals surface area contributed by atoms with Crippen molar-refractivity contribution >= 4 is 17.7 Å². The van der Waals surface area contributed by atoms with Crippen LogP contribution >= 0.6 is 11.8 Å². The van der Waals surface area contributed by atoms with Crippen molar-refractivity contribution in [3.8, 4) is 0 Å². The molecule has 5 nitrogen and oxygen atoms in total. The summed E-state index contributed by atoms with van der Waals surface area (Å²) in [5.41, 5.74) is 0.735. The summed E-state index contributed by atoms with van der Waals surface area (Å²) in [4.78, 5) is 12.4. The summed E-state index contributed by atoms with van der Waals surface area (Å²) in [6, 6.07) is 8.01. The second kappa shape index (κ2) is 7.46. The van der Waals surface area contributed by atoms with Crippen LogP contribution in [0.5, 0.6) is 0 Å². The van der Waals surface area contributed by atoms with E-state index in [9.17, 15) is 9.90 Å². The molecule has 0 unspecified atom stereocenters. The molecular formula is C16H22O5S. The van der Waals surface area contributed by atoms with Crippen molar-refractivity contribution < 1.29 is 24.1 Å². The molecule has 0 radical (unpaired) electrons. The summed E-state index contributed by atoms with van der Waals surface area (Å²) in [5.74, 6) is -0.424. The van der Waals surface area contributed by atoms with E-state index in [1.807, 2.05) is 31.2 Å². The van der Waals surface area contributed by atoms with Gasteiger partial charge in [-0.3, -0.25) is 4.79 Å². The highest BCUT2D eigenvalue weighted by Gasteiger charge is 2.46. The summed E-state index contributed by atoms with van der Waals surface area (Å²) < 4.78 is 16.5. The Kier molecular flexibility index (Phi) is 5.86. The Labute approximate surface area is 134 Å². The summed E-state index contributed by atoms with van der Waals surface area (Å²) in [5, 5.41) is 10.2. The number of aryl methyl sites for hydroxylation is 1. The van der Waals surface area contributed by atoms with E-state index in [-0.39, 0.29) is 0 Å². The Balaban J connectivity index is 2.20. The fourth-order valence-corrected chi connectivity index (χ4v) is 3.56. The Morgan fingerprint density at radius 1 is 1.27 bits per heavy atom. The summed E-state index contributed by atoms with van der Waals surface area (Å²) in [6.07, 6.45) is -2.53. The van der Waals surface area contributed by atoms with E-state index >= 15 is 0 Å². The largest absolute Gasteiger partial charge is 0.456 e. The zero-order chi connectivity index (χ0) is 16.3. The zero-order valence-corrected chi connectivity index (χ0v) is 14.0. The van der Waals surface area contributed by atoms with Gasteiger partial charge in [0.15, 0.2) is 6.10 Å². The Hall–Kier alpha value is -1.08. The number of aliphatic hydroxyl groups is 1. The maximum Gasteiger partial charge on any atom is 0.303 e. The van der Waals surface area contributed by atoms with Crippen LogP contribution in [-0.2, 0) is 19.0 Å². The highest BCUT2D eigenvalue weighted by Crippen LogP contribution is 2.35. The van der Waals surface area contributed by atoms with E-state index in [0.717, 1.165) is 4.90 Å². The van der Waals surface area contributed by atoms with Gasteiger partial charge in [0.25, 0.3) is 0 Å². The van der Waals surface area contributed by atoms with E-state index in [1.54, 1.807) is 6.92 Å². The van der Waals surface area contributed by atoms with Gasteiger partial charge in [0, 0.05) is 18.9 Å².